The highest BCUT2D eigenvalue weighted by atomic mass is 35.5. The van der Waals surface area contributed by atoms with E-state index >= 15 is 0 Å². The lowest BCUT2D eigenvalue weighted by atomic mass is 10.2. The van der Waals surface area contributed by atoms with Crippen molar-refractivity contribution in [3.05, 3.63) is 64.4 Å². The zero-order chi connectivity index (χ0) is 17.4. The molecule has 0 saturated heterocycles. The molecule has 0 unspecified atom stereocenters. The highest BCUT2D eigenvalue weighted by Gasteiger charge is 2.08. The Bertz CT molecular complexity index is 722. The molecule has 0 radical (unpaired) electrons. The lowest BCUT2D eigenvalue weighted by molar-refractivity contribution is 0.0950. The molecule has 0 aliphatic heterocycles. The van der Waals surface area contributed by atoms with E-state index in [0.717, 1.165) is 5.56 Å². The summed E-state index contributed by atoms with van der Waals surface area (Å²) in [5.41, 5.74) is 1.94. The van der Waals surface area contributed by atoms with Gasteiger partial charge in [-0.05, 0) is 36.8 Å². The van der Waals surface area contributed by atoms with Gasteiger partial charge in [-0.25, -0.2) is 4.79 Å². The molecular weight excluding hydrogens is 330 g/mol. The summed E-state index contributed by atoms with van der Waals surface area (Å²) < 4.78 is 4.77. The quantitative estimate of drug-likeness (QED) is 0.842. The zero-order valence-electron chi connectivity index (χ0n) is 13.2. The van der Waals surface area contributed by atoms with Gasteiger partial charge in [0, 0.05) is 23.3 Å². The molecule has 0 atom stereocenters. The van der Waals surface area contributed by atoms with Crippen LogP contribution in [0.5, 0.6) is 0 Å². The van der Waals surface area contributed by atoms with Gasteiger partial charge >= 0.3 is 6.09 Å². The van der Waals surface area contributed by atoms with Crippen molar-refractivity contribution in [1.82, 2.24) is 15.6 Å². The van der Waals surface area contributed by atoms with Gasteiger partial charge in [-0.1, -0.05) is 23.7 Å². The minimum absolute atomic E-state index is 0.189. The van der Waals surface area contributed by atoms with Gasteiger partial charge in [0.25, 0.3) is 5.91 Å². The van der Waals surface area contributed by atoms with Gasteiger partial charge in [0.15, 0.2) is 0 Å². The number of aromatic nitrogens is 1. The fourth-order valence-corrected chi connectivity index (χ4v) is 2.21. The van der Waals surface area contributed by atoms with E-state index < -0.39 is 6.09 Å². The molecule has 2 amide bonds. The van der Waals surface area contributed by atoms with E-state index in [1.165, 1.54) is 6.20 Å². The van der Waals surface area contributed by atoms with E-state index in [1.807, 2.05) is 12.1 Å². The topological polar surface area (TPSA) is 80.3 Å². The van der Waals surface area contributed by atoms with Crippen LogP contribution in [0.3, 0.4) is 0 Å². The van der Waals surface area contributed by atoms with Gasteiger partial charge in [0.2, 0.25) is 0 Å². The molecule has 1 aromatic heterocycles. The first-order valence-corrected chi connectivity index (χ1v) is 7.84. The number of nitrogens with one attached hydrogen (secondary N) is 2. The summed E-state index contributed by atoms with van der Waals surface area (Å²) in [6.07, 6.45) is 1.01. The molecule has 0 aliphatic carbocycles. The number of ether oxygens (including phenoxy) is 1. The molecule has 1 heterocycles. The number of hydrogen-bond acceptors (Lipinski definition) is 4. The summed E-state index contributed by atoms with van der Waals surface area (Å²) in [4.78, 5) is 27.6. The molecule has 0 bridgehead atoms. The Labute approximate surface area is 145 Å². The first kappa shape index (κ1) is 17.7. The number of halogens is 1. The van der Waals surface area contributed by atoms with E-state index in [1.54, 1.807) is 31.2 Å². The first-order chi connectivity index (χ1) is 11.6. The lowest BCUT2D eigenvalue weighted by Gasteiger charge is -2.08. The Morgan fingerprint density at radius 2 is 2.00 bits per heavy atom. The van der Waals surface area contributed by atoms with Crippen molar-refractivity contribution in [3.8, 4) is 0 Å². The Kier molecular flexibility index (Phi) is 6.57. The van der Waals surface area contributed by atoms with Gasteiger partial charge < -0.3 is 15.4 Å². The number of carbonyl (C=O) groups excluding carboxylic acids is 2. The lowest BCUT2D eigenvalue weighted by Crippen LogP contribution is -2.25. The summed E-state index contributed by atoms with van der Waals surface area (Å²) in [5.74, 6) is -0.227. The van der Waals surface area contributed by atoms with Crippen molar-refractivity contribution in [2.24, 2.45) is 0 Å². The van der Waals surface area contributed by atoms with Gasteiger partial charge in [0.05, 0.1) is 18.8 Å². The van der Waals surface area contributed by atoms with Crippen LogP contribution in [0.2, 0.25) is 5.02 Å². The number of nitrogens with zero attached hydrogens (tertiary/aromatic N) is 1. The van der Waals surface area contributed by atoms with Crippen LogP contribution in [0.15, 0.2) is 42.6 Å². The minimum Gasteiger partial charge on any atom is -0.450 e. The van der Waals surface area contributed by atoms with Gasteiger partial charge in [0.1, 0.15) is 0 Å². The van der Waals surface area contributed by atoms with E-state index in [0.29, 0.717) is 29.4 Å². The smallest absolute Gasteiger partial charge is 0.407 e. The Morgan fingerprint density at radius 3 is 2.75 bits per heavy atom. The largest absolute Gasteiger partial charge is 0.450 e. The molecule has 0 saturated carbocycles. The number of alkyl carbamates (subject to hydrolysis) is 1. The summed E-state index contributed by atoms with van der Waals surface area (Å²) >= 11 is 5.91. The summed E-state index contributed by atoms with van der Waals surface area (Å²) in [6, 6.07) is 10.5. The predicted molar refractivity (Wildman–Crippen MR) is 90.7 cm³/mol. The molecule has 126 valence electrons. The number of benzene rings is 1. The molecule has 2 rings (SSSR count). The van der Waals surface area contributed by atoms with Crippen molar-refractivity contribution in [3.63, 3.8) is 0 Å². The van der Waals surface area contributed by atoms with Crippen LogP contribution in [0.1, 0.15) is 28.5 Å². The van der Waals surface area contributed by atoms with Crippen LogP contribution in [0.4, 0.5) is 4.79 Å². The molecule has 0 spiro atoms. The van der Waals surface area contributed by atoms with Crippen LogP contribution in [0.25, 0.3) is 0 Å². The molecule has 1 aromatic carbocycles. The summed E-state index contributed by atoms with van der Waals surface area (Å²) in [5, 5.41) is 6.00. The van der Waals surface area contributed by atoms with Crippen molar-refractivity contribution in [1.29, 1.82) is 0 Å². The van der Waals surface area contributed by atoms with Crippen LogP contribution >= 0.6 is 11.6 Å². The number of hydrogen-bond donors (Lipinski definition) is 2. The van der Waals surface area contributed by atoms with Crippen molar-refractivity contribution in [2.45, 2.75) is 20.0 Å². The Balaban J connectivity index is 1.92. The fraction of sp³-hybridized carbons (Fsp3) is 0.235. The highest BCUT2D eigenvalue weighted by Crippen LogP contribution is 2.10. The molecule has 7 heteroatoms. The van der Waals surface area contributed by atoms with Crippen molar-refractivity contribution in [2.75, 3.05) is 6.61 Å². The average Bonchev–Trinajstić information content (AvgIpc) is 2.58. The average molecular weight is 348 g/mol. The van der Waals surface area contributed by atoms with Crippen molar-refractivity contribution >= 4 is 23.6 Å². The van der Waals surface area contributed by atoms with E-state index in [4.69, 9.17) is 16.3 Å². The third-order valence-electron chi connectivity index (χ3n) is 3.11. The van der Waals surface area contributed by atoms with Crippen LogP contribution in [-0.4, -0.2) is 23.6 Å². The molecule has 24 heavy (non-hydrogen) atoms. The second kappa shape index (κ2) is 8.88. The number of amides is 2. The molecule has 2 aromatic rings. The standard InChI is InChI=1S/C17H18ClN3O3/c1-2-24-17(23)21-11-15-9-13(6-7-19-15)16(22)20-10-12-4-3-5-14(18)8-12/h3-9H,2,10-11H2,1H3,(H,20,22)(H,21,23). The maximum atomic E-state index is 12.2. The van der Waals surface area contributed by atoms with Crippen LogP contribution < -0.4 is 10.6 Å². The van der Waals surface area contributed by atoms with E-state index in [-0.39, 0.29) is 12.5 Å². The fourth-order valence-electron chi connectivity index (χ4n) is 1.99. The van der Waals surface area contributed by atoms with Crippen LogP contribution in [0, 0.1) is 0 Å². The SMILES string of the molecule is CCOC(=O)NCc1cc(C(=O)NCc2cccc(Cl)c2)ccn1. The molecule has 6 nitrogen and oxygen atoms in total. The monoisotopic (exact) mass is 347 g/mol. The molecule has 0 aliphatic rings. The predicted octanol–water partition coefficient (Wildman–Crippen LogP) is 2.91. The number of pyridine rings is 1. The Hall–Kier alpha value is -2.60. The second-order valence-electron chi connectivity index (χ2n) is 4.92. The molecule has 2 N–H and O–H groups in total. The maximum absolute atomic E-state index is 12.2. The number of carbonyl (C=O) groups is 2. The minimum atomic E-state index is -0.518. The maximum Gasteiger partial charge on any atom is 0.407 e. The van der Waals surface area contributed by atoms with Gasteiger partial charge in [-0.3, -0.25) is 9.78 Å². The van der Waals surface area contributed by atoms with Gasteiger partial charge in [-0.15, -0.1) is 0 Å². The number of rotatable bonds is 6. The summed E-state index contributed by atoms with van der Waals surface area (Å²) in [7, 11) is 0. The first-order valence-electron chi connectivity index (χ1n) is 7.46. The normalized spacial score (nSPS) is 10.1. The third-order valence-corrected chi connectivity index (χ3v) is 3.35. The van der Waals surface area contributed by atoms with E-state index in [9.17, 15) is 9.59 Å². The van der Waals surface area contributed by atoms with Crippen LogP contribution in [-0.2, 0) is 17.8 Å². The zero-order valence-corrected chi connectivity index (χ0v) is 14.0. The summed E-state index contributed by atoms with van der Waals surface area (Å²) in [6.45, 7) is 2.58. The van der Waals surface area contributed by atoms with E-state index in [2.05, 4.69) is 15.6 Å². The molecule has 0 fully saturated rings. The molecular formula is C17H18ClN3O3. The third kappa shape index (κ3) is 5.55. The second-order valence-corrected chi connectivity index (χ2v) is 5.36. The highest BCUT2D eigenvalue weighted by molar-refractivity contribution is 6.30. The Morgan fingerprint density at radius 1 is 1.17 bits per heavy atom. The van der Waals surface area contributed by atoms with Crippen molar-refractivity contribution < 1.29 is 14.3 Å². The van der Waals surface area contributed by atoms with Gasteiger partial charge in [-0.2, -0.15) is 0 Å².